The van der Waals surface area contributed by atoms with E-state index in [9.17, 15) is 0 Å². The van der Waals surface area contributed by atoms with Crippen molar-refractivity contribution in [3.63, 3.8) is 0 Å². The molecule has 0 aromatic rings. The van der Waals surface area contributed by atoms with Gasteiger partial charge in [-0.05, 0) is 21.1 Å². The van der Waals surface area contributed by atoms with Crippen LogP contribution in [0.1, 0.15) is 0 Å². The Bertz CT molecular complexity index is 15.5. The molecule has 0 rings (SSSR count). The second-order valence-electron chi connectivity index (χ2n) is 1.34. The van der Waals surface area contributed by atoms with Gasteiger partial charge in [-0.15, -0.1) is 0 Å². The first-order valence-corrected chi connectivity index (χ1v) is 1.34. The Morgan fingerprint density at radius 2 is 1.00 bits per heavy atom. The summed E-state index contributed by atoms with van der Waals surface area (Å²) in [6, 6.07) is 0. The molecule has 3 heteroatoms. The van der Waals surface area contributed by atoms with Crippen molar-refractivity contribution < 1.29 is 20.4 Å². The first kappa shape index (κ1) is 15.7. The maximum Gasteiger partial charge on any atom is 0 e. The van der Waals surface area contributed by atoms with Crippen LogP contribution >= 0.6 is 9.90 Å². The van der Waals surface area contributed by atoms with Crippen LogP contribution in [-0.2, 0) is 20.4 Å². The van der Waals surface area contributed by atoms with Gasteiger partial charge in [0, 0.05) is 20.4 Å². The van der Waals surface area contributed by atoms with Gasteiger partial charge in [-0.1, -0.05) is 0 Å². The molecular formula is C3H12NPPd. The summed E-state index contributed by atoms with van der Waals surface area (Å²) < 4.78 is 0. The fourth-order valence-corrected chi connectivity index (χ4v) is 0. The quantitative estimate of drug-likeness (QED) is 0.399. The monoisotopic (exact) mass is 199 g/mol. The van der Waals surface area contributed by atoms with Crippen LogP contribution in [0.4, 0.5) is 0 Å². The van der Waals surface area contributed by atoms with Crippen molar-refractivity contribution in [3.8, 4) is 0 Å². The fourth-order valence-electron chi connectivity index (χ4n) is 0. The normalized spacial score (nSPS) is 6.00. The van der Waals surface area contributed by atoms with Crippen LogP contribution in [0.25, 0.3) is 0 Å². The summed E-state index contributed by atoms with van der Waals surface area (Å²) >= 11 is 0. The molecule has 1 atom stereocenters. The second kappa shape index (κ2) is 9.41. The Labute approximate surface area is 56.8 Å². The molecule has 0 bridgehead atoms. The van der Waals surface area contributed by atoms with E-state index in [4.69, 9.17) is 0 Å². The van der Waals surface area contributed by atoms with Gasteiger partial charge in [0.15, 0.2) is 0 Å². The van der Waals surface area contributed by atoms with Crippen molar-refractivity contribution >= 4 is 9.90 Å². The molecule has 44 valence electrons. The van der Waals surface area contributed by atoms with Crippen LogP contribution in [-0.4, -0.2) is 26.0 Å². The molecule has 0 aliphatic rings. The van der Waals surface area contributed by atoms with Crippen molar-refractivity contribution in [2.24, 2.45) is 0 Å². The van der Waals surface area contributed by atoms with E-state index in [2.05, 4.69) is 0 Å². The van der Waals surface area contributed by atoms with Crippen molar-refractivity contribution in [3.05, 3.63) is 0 Å². The maximum atomic E-state index is 2.00. The van der Waals surface area contributed by atoms with Gasteiger partial charge >= 0.3 is 0 Å². The summed E-state index contributed by atoms with van der Waals surface area (Å²) in [5.74, 6) is 0. The molecule has 0 fully saturated rings. The molecule has 0 saturated carbocycles. The van der Waals surface area contributed by atoms with Crippen LogP contribution < -0.4 is 0 Å². The molecular weight excluding hydrogens is 187 g/mol. The van der Waals surface area contributed by atoms with Crippen molar-refractivity contribution in [2.45, 2.75) is 0 Å². The van der Waals surface area contributed by atoms with Crippen LogP contribution in [0, 0.1) is 0 Å². The summed E-state index contributed by atoms with van der Waals surface area (Å²) in [7, 11) is 6.00. The maximum absolute atomic E-state index is 2.00. The van der Waals surface area contributed by atoms with Gasteiger partial charge in [-0.25, -0.2) is 0 Å². The van der Waals surface area contributed by atoms with Crippen LogP contribution in [0.15, 0.2) is 0 Å². The average Bonchev–Trinajstić information content (AvgIpc) is 0.811. The third-order valence-corrected chi connectivity index (χ3v) is 0. The van der Waals surface area contributed by atoms with E-state index in [0.29, 0.717) is 0 Å². The molecule has 6 heavy (non-hydrogen) atoms. The minimum absolute atomic E-state index is 0. The van der Waals surface area contributed by atoms with Crippen molar-refractivity contribution in [1.82, 2.24) is 4.90 Å². The van der Waals surface area contributed by atoms with E-state index in [1.54, 1.807) is 0 Å². The third-order valence-electron chi connectivity index (χ3n) is 0. The zero-order chi connectivity index (χ0) is 3.58. The van der Waals surface area contributed by atoms with E-state index in [1.807, 2.05) is 26.0 Å². The van der Waals surface area contributed by atoms with E-state index in [0.717, 1.165) is 0 Å². The Kier molecular flexibility index (Phi) is 24.7. The van der Waals surface area contributed by atoms with Crippen molar-refractivity contribution in [1.29, 1.82) is 0 Å². The smallest absolute Gasteiger partial charge is 0 e. The minimum Gasteiger partial charge on any atom is -0.312 e. The third kappa shape index (κ3) is 74.9. The predicted molar refractivity (Wildman–Crippen MR) is 30.7 cm³/mol. The minimum atomic E-state index is 0. The van der Waals surface area contributed by atoms with Crippen LogP contribution in [0.3, 0.4) is 0 Å². The molecule has 0 spiro atoms. The van der Waals surface area contributed by atoms with Gasteiger partial charge in [0.25, 0.3) is 0 Å². The van der Waals surface area contributed by atoms with E-state index in [1.165, 1.54) is 0 Å². The van der Waals surface area contributed by atoms with Crippen LogP contribution in [0.5, 0.6) is 0 Å². The molecule has 1 nitrogen and oxygen atoms in total. The number of hydrogen-bond acceptors (Lipinski definition) is 1. The number of nitrogens with zero attached hydrogens (tertiary/aromatic N) is 1. The summed E-state index contributed by atoms with van der Waals surface area (Å²) in [5, 5.41) is 0. The molecule has 0 radical (unpaired) electrons. The zero-order valence-electron chi connectivity index (χ0n) is 4.47. The molecule has 0 saturated heterocycles. The molecule has 0 aromatic heterocycles. The Balaban J connectivity index is -0.0000000450. The topological polar surface area (TPSA) is 3.24 Å². The van der Waals surface area contributed by atoms with Gasteiger partial charge in [0.2, 0.25) is 0 Å². The molecule has 0 N–H and O–H groups in total. The number of rotatable bonds is 0. The first-order valence-electron chi connectivity index (χ1n) is 1.34. The summed E-state index contributed by atoms with van der Waals surface area (Å²) in [4.78, 5) is 2.00. The number of hydrogen-bond donors (Lipinski definition) is 0. The Hall–Kier alpha value is 1.05. The van der Waals surface area contributed by atoms with Gasteiger partial charge in [0.1, 0.15) is 0 Å². The van der Waals surface area contributed by atoms with E-state index in [-0.39, 0.29) is 30.3 Å². The summed E-state index contributed by atoms with van der Waals surface area (Å²) in [6.45, 7) is 0. The van der Waals surface area contributed by atoms with Gasteiger partial charge < -0.3 is 4.90 Å². The SMILES string of the molecule is CN(C)C.P.[Pd]. The molecule has 1 unspecified atom stereocenters. The zero-order valence-corrected chi connectivity index (χ0v) is 7.44. The van der Waals surface area contributed by atoms with Gasteiger partial charge in [0.05, 0.1) is 0 Å². The summed E-state index contributed by atoms with van der Waals surface area (Å²) in [5.41, 5.74) is 0. The van der Waals surface area contributed by atoms with Gasteiger partial charge in [-0.2, -0.15) is 9.90 Å². The summed E-state index contributed by atoms with van der Waals surface area (Å²) in [6.07, 6.45) is 0. The van der Waals surface area contributed by atoms with E-state index < -0.39 is 0 Å². The Morgan fingerprint density at radius 1 is 1.00 bits per heavy atom. The van der Waals surface area contributed by atoms with E-state index >= 15 is 0 Å². The molecule has 0 amide bonds. The molecule has 0 aromatic carbocycles. The van der Waals surface area contributed by atoms with Crippen molar-refractivity contribution in [2.75, 3.05) is 21.1 Å². The largest absolute Gasteiger partial charge is 0.312 e. The molecule has 0 aliphatic carbocycles. The predicted octanol–water partition coefficient (Wildman–Crippen LogP) is 0.233. The fraction of sp³-hybridized carbons (Fsp3) is 1.00. The standard InChI is InChI=1S/C3H9N.H3P.Pd/c1-4(2)3;;/h1-3H3;1H3;. The molecule has 0 aliphatic heterocycles. The Morgan fingerprint density at radius 3 is 1.00 bits per heavy atom. The second-order valence-corrected chi connectivity index (χ2v) is 1.34. The molecule has 0 heterocycles. The first-order chi connectivity index (χ1) is 1.73. The van der Waals surface area contributed by atoms with Crippen LogP contribution in [0.2, 0.25) is 0 Å². The average molecular weight is 200 g/mol. The van der Waals surface area contributed by atoms with Gasteiger partial charge in [-0.3, -0.25) is 0 Å².